The van der Waals surface area contributed by atoms with Crippen molar-refractivity contribution in [3.63, 3.8) is 0 Å². The van der Waals surface area contributed by atoms with Gasteiger partial charge in [-0.1, -0.05) is 11.6 Å². The Hall–Kier alpha value is -1.33. The standard InChI is InChI=1S/C18H20Cl2N2O3/c19-13-1-2-14(21-8-13)22-15(23)9-25-16(24)17-4-11-3-12(5-17)7-18(20,6-11)10-17/h1-2,8,11-12H,3-7,9-10H2,(H,21,22,23)/t11-,12+,17?,18?. The summed E-state index contributed by atoms with van der Waals surface area (Å²) in [6, 6.07) is 3.23. The number of halogens is 2. The van der Waals surface area contributed by atoms with Crippen LogP contribution in [0.2, 0.25) is 5.02 Å². The van der Waals surface area contributed by atoms with Crippen LogP contribution in [0, 0.1) is 17.3 Å². The minimum absolute atomic E-state index is 0.251. The molecular formula is C18H20Cl2N2O3. The van der Waals surface area contributed by atoms with Crippen molar-refractivity contribution in [3.8, 4) is 0 Å². The number of aromatic nitrogens is 1. The SMILES string of the molecule is O=C(COC(=O)C12C[C@@H]3C[C@@H](CC(Cl)(C3)C1)C2)Nc1ccc(Cl)cn1. The number of amides is 1. The van der Waals surface area contributed by atoms with E-state index in [1.54, 1.807) is 12.1 Å². The summed E-state index contributed by atoms with van der Waals surface area (Å²) in [5.74, 6) is 0.719. The third-order valence-corrected chi connectivity index (χ3v) is 6.42. The minimum atomic E-state index is -0.495. The van der Waals surface area contributed by atoms with Gasteiger partial charge < -0.3 is 10.1 Å². The van der Waals surface area contributed by atoms with Gasteiger partial charge in [-0.2, -0.15) is 0 Å². The van der Waals surface area contributed by atoms with Crippen molar-refractivity contribution in [2.45, 2.75) is 43.4 Å². The Balaban J connectivity index is 1.36. The van der Waals surface area contributed by atoms with Crippen molar-refractivity contribution in [2.75, 3.05) is 11.9 Å². The minimum Gasteiger partial charge on any atom is -0.455 e. The summed E-state index contributed by atoms with van der Waals surface area (Å²) in [6.07, 6.45) is 6.98. The predicted molar refractivity (Wildman–Crippen MR) is 94.5 cm³/mol. The second-order valence-electron chi connectivity index (χ2n) is 7.88. The number of anilines is 1. The Kier molecular flexibility index (Phi) is 4.19. The number of ether oxygens (including phenoxy) is 1. The molecule has 4 aliphatic carbocycles. The largest absolute Gasteiger partial charge is 0.455 e. The van der Waals surface area contributed by atoms with Crippen molar-refractivity contribution in [3.05, 3.63) is 23.4 Å². The Morgan fingerprint density at radius 3 is 2.56 bits per heavy atom. The lowest BCUT2D eigenvalue weighted by Gasteiger charge is -2.58. The lowest BCUT2D eigenvalue weighted by molar-refractivity contribution is -0.171. The molecule has 1 aromatic heterocycles. The summed E-state index contributed by atoms with van der Waals surface area (Å²) in [5.41, 5.74) is -0.495. The predicted octanol–water partition coefficient (Wildman–Crippen LogP) is 3.79. The zero-order valence-corrected chi connectivity index (χ0v) is 15.3. The van der Waals surface area contributed by atoms with Crippen molar-refractivity contribution in [1.82, 2.24) is 4.98 Å². The highest BCUT2D eigenvalue weighted by atomic mass is 35.5. The van der Waals surface area contributed by atoms with E-state index in [-0.39, 0.29) is 17.5 Å². The van der Waals surface area contributed by atoms with Gasteiger partial charge >= 0.3 is 5.97 Å². The fraction of sp³-hybridized carbons (Fsp3) is 0.611. The van der Waals surface area contributed by atoms with Gasteiger partial charge in [0.2, 0.25) is 0 Å². The summed E-state index contributed by atoms with van der Waals surface area (Å²) in [5, 5.41) is 3.08. The van der Waals surface area contributed by atoms with Crippen molar-refractivity contribution < 1.29 is 14.3 Å². The van der Waals surface area contributed by atoms with E-state index in [9.17, 15) is 9.59 Å². The van der Waals surface area contributed by atoms with Gasteiger partial charge in [0.05, 0.1) is 10.4 Å². The van der Waals surface area contributed by atoms with Gasteiger partial charge in [0.1, 0.15) is 5.82 Å². The van der Waals surface area contributed by atoms with E-state index < -0.39 is 11.3 Å². The molecule has 0 radical (unpaired) electrons. The van der Waals surface area contributed by atoms with Crippen LogP contribution in [-0.4, -0.2) is 28.3 Å². The van der Waals surface area contributed by atoms with Gasteiger partial charge in [0.15, 0.2) is 6.61 Å². The maximum Gasteiger partial charge on any atom is 0.312 e. The van der Waals surface area contributed by atoms with Gasteiger partial charge in [-0.3, -0.25) is 9.59 Å². The molecule has 0 aromatic carbocycles. The molecule has 0 saturated heterocycles. The molecular weight excluding hydrogens is 363 g/mol. The molecule has 1 heterocycles. The summed E-state index contributed by atoms with van der Waals surface area (Å²) >= 11 is 12.5. The number of esters is 1. The number of hydrogen-bond acceptors (Lipinski definition) is 4. The van der Waals surface area contributed by atoms with Gasteiger partial charge in [0, 0.05) is 11.1 Å². The molecule has 4 atom stereocenters. The number of carbonyl (C=O) groups is 2. The maximum absolute atomic E-state index is 12.7. The normalized spacial score (nSPS) is 35.4. The first-order chi connectivity index (χ1) is 11.9. The smallest absolute Gasteiger partial charge is 0.312 e. The Morgan fingerprint density at radius 1 is 1.24 bits per heavy atom. The molecule has 2 unspecified atom stereocenters. The molecule has 4 aliphatic rings. The molecule has 25 heavy (non-hydrogen) atoms. The van der Waals surface area contributed by atoms with Crippen LogP contribution in [0.5, 0.6) is 0 Å². The van der Waals surface area contributed by atoms with E-state index in [0.29, 0.717) is 29.1 Å². The molecule has 134 valence electrons. The molecule has 1 N–H and O–H groups in total. The van der Waals surface area contributed by atoms with Crippen LogP contribution in [0.15, 0.2) is 18.3 Å². The quantitative estimate of drug-likeness (QED) is 0.635. The number of nitrogens with zero attached hydrogens (tertiary/aromatic N) is 1. The maximum atomic E-state index is 12.7. The van der Waals surface area contributed by atoms with Crippen molar-refractivity contribution in [2.24, 2.45) is 17.3 Å². The molecule has 1 aromatic rings. The van der Waals surface area contributed by atoms with Crippen LogP contribution in [0.3, 0.4) is 0 Å². The van der Waals surface area contributed by atoms with Crippen molar-refractivity contribution in [1.29, 1.82) is 0 Å². The average Bonchev–Trinajstić information content (AvgIpc) is 2.52. The van der Waals surface area contributed by atoms with Crippen LogP contribution in [0.4, 0.5) is 5.82 Å². The summed E-state index contributed by atoms with van der Waals surface area (Å²) in [7, 11) is 0. The first-order valence-electron chi connectivity index (χ1n) is 8.63. The Morgan fingerprint density at radius 2 is 1.96 bits per heavy atom. The Labute approximate surface area is 156 Å². The highest BCUT2D eigenvalue weighted by Gasteiger charge is 2.60. The lowest BCUT2D eigenvalue weighted by atomic mass is 9.49. The number of pyridine rings is 1. The molecule has 5 nitrogen and oxygen atoms in total. The Bertz CT molecular complexity index is 693. The van der Waals surface area contributed by atoms with E-state index in [2.05, 4.69) is 10.3 Å². The second kappa shape index (κ2) is 6.13. The topological polar surface area (TPSA) is 68.3 Å². The summed E-state index contributed by atoms with van der Waals surface area (Å²) in [4.78, 5) is 28.5. The van der Waals surface area contributed by atoms with E-state index in [0.717, 1.165) is 25.7 Å². The van der Waals surface area contributed by atoms with Gasteiger partial charge in [-0.05, 0) is 62.5 Å². The zero-order chi connectivity index (χ0) is 17.7. The first-order valence-corrected chi connectivity index (χ1v) is 9.39. The molecule has 0 aliphatic heterocycles. The number of hydrogen-bond donors (Lipinski definition) is 1. The fourth-order valence-electron chi connectivity index (χ4n) is 5.30. The summed E-state index contributed by atoms with van der Waals surface area (Å²) < 4.78 is 5.37. The lowest BCUT2D eigenvalue weighted by Crippen LogP contribution is -2.56. The average molecular weight is 383 g/mol. The summed E-state index contributed by atoms with van der Waals surface area (Å²) in [6.45, 7) is -0.310. The molecule has 4 bridgehead atoms. The van der Waals surface area contributed by atoms with Crippen LogP contribution in [-0.2, 0) is 14.3 Å². The van der Waals surface area contributed by atoms with Gasteiger partial charge in [0.25, 0.3) is 5.91 Å². The molecule has 4 fully saturated rings. The monoisotopic (exact) mass is 382 g/mol. The van der Waals surface area contributed by atoms with E-state index in [4.69, 9.17) is 27.9 Å². The number of alkyl halides is 1. The third-order valence-electron chi connectivity index (χ3n) is 5.75. The zero-order valence-electron chi connectivity index (χ0n) is 13.8. The molecule has 7 heteroatoms. The van der Waals surface area contributed by atoms with E-state index in [1.165, 1.54) is 12.6 Å². The number of carbonyl (C=O) groups excluding carboxylic acids is 2. The number of rotatable bonds is 4. The van der Waals surface area contributed by atoms with Gasteiger partial charge in [-0.15, -0.1) is 11.6 Å². The van der Waals surface area contributed by atoms with Crippen LogP contribution >= 0.6 is 23.2 Å². The highest BCUT2D eigenvalue weighted by molar-refractivity contribution is 6.30. The molecule has 1 amide bonds. The second-order valence-corrected chi connectivity index (χ2v) is 9.12. The van der Waals surface area contributed by atoms with Gasteiger partial charge in [-0.25, -0.2) is 4.98 Å². The highest BCUT2D eigenvalue weighted by Crippen LogP contribution is 2.64. The van der Waals surface area contributed by atoms with Crippen molar-refractivity contribution >= 4 is 40.9 Å². The van der Waals surface area contributed by atoms with E-state index in [1.807, 2.05) is 0 Å². The molecule has 0 spiro atoms. The molecule has 5 rings (SSSR count). The number of nitrogens with one attached hydrogen (secondary N) is 1. The van der Waals surface area contributed by atoms with Crippen LogP contribution in [0.1, 0.15) is 38.5 Å². The third kappa shape index (κ3) is 3.36. The first kappa shape index (κ1) is 17.1. The fourth-order valence-corrected chi connectivity index (χ4v) is 6.11. The van der Waals surface area contributed by atoms with Crippen LogP contribution < -0.4 is 5.32 Å². The molecule has 4 saturated carbocycles. The van der Waals surface area contributed by atoms with Crippen LogP contribution in [0.25, 0.3) is 0 Å². The van der Waals surface area contributed by atoms with E-state index >= 15 is 0 Å².